The number of hydrogen-bond acceptors (Lipinski definition) is 2. The van der Waals surface area contributed by atoms with Gasteiger partial charge in [0, 0.05) is 15.4 Å². The fourth-order valence-electron chi connectivity index (χ4n) is 1.94. The largest absolute Gasteiger partial charge is 0.272 e. The van der Waals surface area contributed by atoms with Gasteiger partial charge in [-0.05, 0) is 18.2 Å². The van der Waals surface area contributed by atoms with Crippen molar-refractivity contribution in [3.05, 3.63) is 63.4 Å². The summed E-state index contributed by atoms with van der Waals surface area (Å²) in [5.74, 6) is 0. The maximum atomic E-state index is 11.7. The monoisotopic (exact) mass is 300 g/mol. The molecule has 1 aromatic heterocycles. The lowest BCUT2D eigenvalue weighted by molar-refractivity contribution is 1.02. The van der Waals surface area contributed by atoms with Crippen molar-refractivity contribution in [2.75, 3.05) is 0 Å². The predicted octanol–water partition coefficient (Wildman–Crippen LogP) is 3.35. The Morgan fingerprint density at radius 1 is 0.944 bits per heavy atom. The van der Waals surface area contributed by atoms with Crippen LogP contribution >= 0.6 is 15.9 Å². The summed E-state index contributed by atoms with van der Waals surface area (Å²) in [5, 5.41) is 8.21. The van der Waals surface area contributed by atoms with E-state index < -0.39 is 0 Å². The smallest absolute Gasteiger partial charge is 0.267 e. The van der Waals surface area contributed by atoms with Crippen molar-refractivity contribution in [3.8, 4) is 11.3 Å². The standard InChI is InChI=1S/C14H9BrN2O/c15-10-7-5-9(6-8-10)13-11-3-1-2-4-12(11)14(18)17-16-13/h1-8H,(H,17,18). The van der Waals surface area contributed by atoms with E-state index in [0.717, 1.165) is 21.1 Å². The number of rotatable bonds is 1. The van der Waals surface area contributed by atoms with Crippen molar-refractivity contribution in [3.63, 3.8) is 0 Å². The molecule has 0 fully saturated rings. The second-order valence-corrected chi connectivity index (χ2v) is 4.87. The van der Waals surface area contributed by atoms with Crippen molar-refractivity contribution in [1.29, 1.82) is 0 Å². The highest BCUT2D eigenvalue weighted by atomic mass is 79.9. The zero-order valence-electron chi connectivity index (χ0n) is 9.35. The molecular formula is C14H9BrN2O. The third kappa shape index (κ3) is 1.84. The van der Waals surface area contributed by atoms with Crippen molar-refractivity contribution in [2.24, 2.45) is 0 Å². The topological polar surface area (TPSA) is 45.8 Å². The number of aromatic amines is 1. The highest BCUT2D eigenvalue weighted by molar-refractivity contribution is 9.10. The Morgan fingerprint density at radius 2 is 1.61 bits per heavy atom. The number of fused-ring (bicyclic) bond motifs is 1. The number of halogens is 1. The van der Waals surface area contributed by atoms with Crippen LogP contribution in [0.4, 0.5) is 0 Å². The zero-order valence-corrected chi connectivity index (χ0v) is 10.9. The van der Waals surface area contributed by atoms with E-state index in [0.29, 0.717) is 5.39 Å². The summed E-state index contributed by atoms with van der Waals surface area (Å²) in [6.45, 7) is 0. The second kappa shape index (κ2) is 4.38. The average Bonchev–Trinajstić information content (AvgIpc) is 2.41. The zero-order chi connectivity index (χ0) is 12.5. The molecule has 0 saturated carbocycles. The van der Waals surface area contributed by atoms with Crippen LogP contribution in [0.3, 0.4) is 0 Å². The second-order valence-electron chi connectivity index (χ2n) is 3.95. The molecule has 0 aliphatic heterocycles. The van der Waals surface area contributed by atoms with E-state index in [1.807, 2.05) is 42.5 Å². The Kier molecular flexibility index (Phi) is 2.72. The van der Waals surface area contributed by atoms with Gasteiger partial charge < -0.3 is 0 Å². The van der Waals surface area contributed by atoms with E-state index in [-0.39, 0.29) is 5.56 Å². The van der Waals surface area contributed by atoms with Crippen molar-refractivity contribution in [1.82, 2.24) is 10.2 Å². The molecule has 1 N–H and O–H groups in total. The van der Waals surface area contributed by atoms with Crippen molar-refractivity contribution < 1.29 is 0 Å². The fraction of sp³-hybridized carbons (Fsp3) is 0. The Balaban J connectivity index is 2.33. The summed E-state index contributed by atoms with van der Waals surface area (Å²) >= 11 is 3.40. The van der Waals surface area contributed by atoms with Gasteiger partial charge in [0.1, 0.15) is 0 Å². The molecule has 3 rings (SSSR count). The third-order valence-electron chi connectivity index (χ3n) is 2.81. The van der Waals surface area contributed by atoms with E-state index >= 15 is 0 Å². The molecule has 0 saturated heterocycles. The number of nitrogens with zero attached hydrogens (tertiary/aromatic N) is 1. The summed E-state index contributed by atoms with van der Waals surface area (Å²) in [5.41, 5.74) is 1.61. The molecule has 2 aromatic carbocycles. The van der Waals surface area contributed by atoms with E-state index in [1.54, 1.807) is 6.07 Å². The summed E-state index contributed by atoms with van der Waals surface area (Å²) in [7, 11) is 0. The first-order valence-electron chi connectivity index (χ1n) is 5.49. The van der Waals surface area contributed by atoms with Crippen LogP contribution in [0.15, 0.2) is 57.8 Å². The molecule has 0 aliphatic rings. The normalized spacial score (nSPS) is 10.7. The molecule has 88 valence electrons. The first-order valence-corrected chi connectivity index (χ1v) is 6.28. The van der Waals surface area contributed by atoms with Crippen molar-refractivity contribution in [2.45, 2.75) is 0 Å². The molecule has 1 heterocycles. The average molecular weight is 301 g/mol. The van der Waals surface area contributed by atoms with Gasteiger partial charge in [0.2, 0.25) is 0 Å². The van der Waals surface area contributed by atoms with Gasteiger partial charge in [-0.25, -0.2) is 5.10 Å². The first-order chi connectivity index (χ1) is 8.75. The first kappa shape index (κ1) is 11.2. The fourth-order valence-corrected chi connectivity index (χ4v) is 2.21. The van der Waals surface area contributed by atoms with Crippen LogP contribution in [-0.2, 0) is 0 Å². The van der Waals surface area contributed by atoms with E-state index in [2.05, 4.69) is 26.1 Å². The van der Waals surface area contributed by atoms with Crippen LogP contribution in [-0.4, -0.2) is 10.2 Å². The van der Waals surface area contributed by atoms with Gasteiger partial charge in [-0.1, -0.05) is 46.3 Å². The van der Waals surface area contributed by atoms with Gasteiger partial charge in [-0.3, -0.25) is 4.79 Å². The van der Waals surface area contributed by atoms with Gasteiger partial charge in [-0.2, -0.15) is 5.10 Å². The molecule has 18 heavy (non-hydrogen) atoms. The van der Waals surface area contributed by atoms with E-state index in [4.69, 9.17) is 0 Å². The minimum atomic E-state index is -0.161. The number of nitrogens with one attached hydrogen (secondary N) is 1. The third-order valence-corrected chi connectivity index (χ3v) is 3.34. The van der Waals surface area contributed by atoms with Gasteiger partial charge in [0.15, 0.2) is 0 Å². The Morgan fingerprint density at radius 3 is 2.33 bits per heavy atom. The minimum absolute atomic E-state index is 0.161. The Labute approximate surface area is 112 Å². The summed E-state index contributed by atoms with van der Waals surface area (Å²) < 4.78 is 1.01. The number of H-pyrrole nitrogens is 1. The molecule has 0 atom stereocenters. The quantitative estimate of drug-likeness (QED) is 0.749. The number of benzene rings is 2. The van der Waals surface area contributed by atoms with Gasteiger partial charge in [0.25, 0.3) is 5.56 Å². The lowest BCUT2D eigenvalue weighted by Crippen LogP contribution is -2.09. The molecule has 0 bridgehead atoms. The molecule has 0 radical (unpaired) electrons. The lowest BCUT2D eigenvalue weighted by Gasteiger charge is -2.04. The van der Waals surface area contributed by atoms with Crippen LogP contribution < -0.4 is 5.56 Å². The number of aromatic nitrogens is 2. The summed E-state index contributed by atoms with van der Waals surface area (Å²) in [6, 6.07) is 15.3. The molecule has 3 nitrogen and oxygen atoms in total. The van der Waals surface area contributed by atoms with Crippen LogP contribution in [0.2, 0.25) is 0 Å². The molecule has 0 amide bonds. The molecule has 0 spiro atoms. The SMILES string of the molecule is O=c1[nH]nc(-c2ccc(Br)cc2)c2ccccc12. The highest BCUT2D eigenvalue weighted by Crippen LogP contribution is 2.25. The maximum Gasteiger partial charge on any atom is 0.272 e. The van der Waals surface area contributed by atoms with Gasteiger partial charge in [0.05, 0.1) is 11.1 Å². The Bertz CT molecular complexity index is 763. The van der Waals surface area contributed by atoms with Gasteiger partial charge >= 0.3 is 0 Å². The molecule has 3 aromatic rings. The minimum Gasteiger partial charge on any atom is -0.267 e. The van der Waals surface area contributed by atoms with Gasteiger partial charge in [-0.15, -0.1) is 0 Å². The molecule has 4 heteroatoms. The van der Waals surface area contributed by atoms with Crippen LogP contribution in [0.5, 0.6) is 0 Å². The predicted molar refractivity (Wildman–Crippen MR) is 75.5 cm³/mol. The van der Waals surface area contributed by atoms with Crippen LogP contribution in [0.1, 0.15) is 0 Å². The van der Waals surface area contributed by atoms with E-state index in [9.17, 15) is 4.79 Å². The lowest BCUT2D eigenvalue weighted by atomic mass is 10.1. The summed E-state index contributed by atoms with van der Waals surface area (Å²) in [6.07, 6.45) is 0. The molecule has 0 aliphatic carbocycles. The Hall–Kier alpha value is -1.94. The van der Waals surface area contributed by atoms with Crippen molar-refractivity contribution >= 4 is 26.7 Å². The van der Waals surface area contributed by atoms with E-state index in [1.165, 1.54) is 0 Å². The highest BCUT2D eigenvalue weighted by Gasteiger charge is 2.07. The van der Waals surface area contributed by atoms with Crippen LogP contribution in [0.25, 0.3) is 22.0 Å². The molecular weight excluding hydrogens is 292 g/mol. The van der Waals surface area contributed by atoms with Crippen LogP contribution in [0, 0.1) is 0 Å². The molecule has 0 unspecified atom stereocenters. The number of hydrogen-bond donors (Lipinski definition) is 1. The maximum absolute atomic E-state index is 11.7. The summed E-state index contributed by atoms with van der Waals surface area (Å²) in [4.78, 5) is 11.7.